The third-order valence-electron chi connectivity index (χ3n) is 2.77. The fourth-order valence-corrected chi connectivity index (χ4v) is 2.02. The molecule has 3 N–H and O–H groups in total. The van der Waals surface area contributed by atoms with Crippen LogP contribution in [-0.2, 0) is 4.79 Å². The fraction of sp³-hybridized carbons (Fsp3) is 0.455. The Kier molecular flexibility index (Phi) is 3.29. The maximum Gasteiger partial charge on any atom is 0.149 e. The Bertz CT molecular complexity index is 398. The van der Waals surface area contributed by atoms with Crippen LogP contribution in [0.5, 0.6) is 0 Å². The first-order valence-corrected chi connectivity index (χ1v) is 5.72. The quantitative estimate of drug-likeness (QED) is 0.831. The number of carbonyl (C=O) groups is 1. The van der Waals surface area contributed by atoms with Gasteiger partial charge >= 0.3 is 0 Å². The van der Waals surface area contributed by atoms with Crippen molar-refractivity contribution < 1.29 is 4.79 Å². The first-order valence-electron chi connectivity index (χ1n) is 5.34. The summed E-state index contributed by atoms with van der Waals surface area (Å²) in [6.07, 6.45) is 4.55. The number of pyridine rings is 1. The van der Waals surface area contributed by atoms with E-state index in [1.807, 2.05) is 0 Å². The number of ketones is 1. The Balaban J connectivity index is 2.01. The Morgan fingerprint density at radius 3 is 2.75 bits per heavy atom. The SMILES string of the molecule is Nc1cc(Cl)cnc1NC1CCC(=O)CC1. The lowest BCUT2D eigenvalue weighted by Gasteiger charge is -2.23. The van der Waals surface area contributed by atoms with Crippen molar-refractivity contribution in [1.82, 2.24) is 4.98 Å². The van der Waals surface area contributed by atoms with E-state index in [9.17, 15) is 4.79 Å². The van der Waals surface area contributed by atoms with Gasteiger partial charge in [0.2, 0.25) is 0 Å². The second kappa shape index (κ2) is 4.70. The fourth-order valence-electron chi connectivity index (χ4n) is 1.85. The number of Topliss-reactive ketones (excluding diaryl/α,β-unsaturated/α-hetero) is 1. The molecule has 0 amide bonds. The van der Waals surface area contributed by atoms with Crippen molar-refractivity contribution in [2.45, 2.75) is 31.7 Å². The standard InChI is InChI=1S/C11H14ClN3O/c12-7-5-10(13)11(14-6-7)15-8-1-3-9(16)4-2-8/h5-6,8H,1-4,13H2,(H,14,15). The molecule has 86 valence electrons. The van der Waals surface area contributed by atoms with E-state index in [0.29, 0.717) is 35.2 Å². The molecular weight excluding hydrogens is 226 g/mol. The zero-order chi connectivity index (χ0) is 11.5. The zero-order valence-electron chi connectivity index (χ0n) is 8.87. The number of nitrogens with two attached hydrogens (primary N) is 1. The lowest BCUT2D eigenvalue weighted by atomic mass is 9.94. The lowest BCUT2D eigenvalue weighted by molar-refractivity contribution is -0.120. The molecule has 0 saturated heterocycles. The summed E-state index contributed by atoms with van der Waals surface area (Å²) in [6, 6.07) is 1.96. The predicted molar refractivity (Wildman–Crippen MR) is 64.5 cm³/mol. The van der Waals surface area contributed by atoms with Gasteiger partial charge in [0, 0.05) is 25.1 Å². The van der Waals surface area contributed by atoms with E-state index < -0.39 is 0 Å². The van der Waals surface area contributed by atoms with Gasteiger partial charge in [0.25, 0.3) is 0 Å². The molecule has 1 aromatic heterocycles. The predicted octanol–water partition coefficient (Wildman–Crippen LogP) is 2.24. The molecule has 0 aliphatic heterocycles. The molecule has 1 saturated carbocycles. The maximum absolute atomic E-state index is 11.1. The summed E-state index contributed by atoms with van der Waals surface area (Å²) in [5, 5.41) is 3.78. The Morgan fingerprint density at radius 1 is 1.44 bits per heavy atom. The van der Waals surface area contributed by atoms with E-state index in [1.165, 1.54) is 0 Å². The molecule has 1 fully saturated rings. The van der Waals surface area contributed by atoms with Gasteiger partial charge in [0.1, 0.15) is 11.6 Å². The highest BCUT2D eigenvalue weighted by atomic mass is 35.5. The highest BCUT2D eigenvalue weighted by molar-refractivity contribution is 6.30. The van der Waals surface area contributed by atoms with Crippen LogP contribution in [0.1, 0.15) is 25.7 Å². The van der Waals surface area contributed by atoms with E-state index in [4.69, 9.17) is 17.3 Å². The van der Waals surface area contributed by atoms with Crippen LogP contribution in [0, 0.1) is 0 Å². The van der Waals surface area contributed by atoms with E-state index in [-0.39, 0.29) is 6.04 Å². The maximum atomic E-state index is 11.1. The molecule has 0 bridgehead atoms. The molecule has 5 heteroatoms. The minimum atomic E-state index is 0.286. The monoisotopic (exact) mass is 239 g/mol. The van der Waals surface area contributed by atoms with Crippen LogP contribution >= 0.6 is 11.6 Å². The summed E-state index contributed by atoms with van der Waals surface area (Å²) in [7, 11) is 0. The summed E-state index contributed by atoms with van der Waals surface area (Å²) in [4.78, 5) is 15.2. The normalized spacial score (nSPS) is 17.4. The van der Waals surface area contributed by atoms with Crippen LogP contribution < -0.4 is 11.1 Å². The van der Waals surface area contributed by atoms with E-state index in [2.05, 4.69) is 10.3 Å². The van der Waals surface area contributed by atoms with Gasteiger partial charge in [-0.1, -0.05) is 11.6 Å². The number of rotatable bonds is 2. The molecule has 1 aliphatic carbocycles. The summed E-state index contributed by atoms with van der Waals surface area (Å²) < 4.78 is 0. The van der Waals surface area contributed by atoms with Gasteiger partial charge in [-0.15, -0.1) is 0 Å². The number of carbonyl (C=O) groups excluding carboxylic acids is 1. The molecule has 1 heterocycles. The molecule has 1 aromatic rings. The second-order valence-electron chi connectivity index (χ2n) is 4.05. The summed E-state index contributed by atoms with van der Waals surface area (Å²) in [5.74, 6) is 0.999. The number of halogens is 1. The molecule has 16 heavy (non-hydrogen) atoms. The molecule has 2 rings (SSSR count). The summed E-state index contributed by atoms with van der Waals surface area (Å²) >= 11 is 5.76. The molecule has 4 nitrogen and oxygen atoms in total. The summed E-state index contributed by atoms with van der Waals surface area (Å²) in [5.41, 5.74) is 6.34. The van der Waals surface area contributed by atoms with Crippen LogP contribution in [-0.4, -0.2) is 16.8 Å². The van der Waals surface area contributed by atoms with Gasteiger partial charge in [-0.25, -0.2) is 4.98 Å². The molecule has 0 aromatic carbocycles. The number of hydrogen-bond donors (Lipinski definition) is 2. The largest absolute Gasteiger partial charge is 0.396 e. The Morgan fingerprint density at radius 2 is 2.12 bits per heavy atom. The van der Waals surface area contributed by atoms with E-state index in [1.54, 1.807) is 12.3 Å². The summed E-state index contributed by atoms with van der Waals surface area (Å²) in [6.45, 7) is 0. The van der Waals surface area contributed by atoms with Crippen LogP contribution in [0.3, 0.4) is 0 Å². The number of nitrogens with one attached hydrogen (secondary N) is 1. The van der Waals surface area contributed by atoms with Crippen LogP contribution in [0.25, 0.3) is 0 Å². The van der Waals surface area contributed by atoms with E-state index >= 15 is 0 Å². The number of aromatic nitrogens is 1. The van der Waals surface area contributed by atoms with Crippen LogP contribution in [0.4, 0.5) is 11.5 Å². The van der Waals surface area contributed by atoms with Gasteiger partial charge in [-0.3, -0.25) is 4.79 Å². The first-order chi connectivity index (χ1) is 7.65. The third kappa shape index (κ3) is 2.64. The van der Waals surface area contributed by atoms with Crippen molar-refractivity contribution in [3.8, 4) is 0 Å². The highest BCUT2D eigenvalue weighted by Crippen LogP contribution is 2.24. The molecule has 1 aliphatic rings. The van der Waals surface area contributed by atoms with E-state index in [0.717, 1.165) is 12.8 Å². The second-order valence-corrected chi connectivity index (χ2v) is 4.49. The smallest absolute Gasteiger partial charge is 0.149 e. The molecule has 0 atom stereocenters. The van der Waals surface area contributed by atoms with Gasteiger partial charge < -0.3 is 11.1 Å². The van der Waals surface area contributed by atoms with Crippen molar-refractivity contribution >= 4 is 28.9 Å². The van der Waals surface area contributed by atoms with Crippen molar-refractivity contribution in [2.75, 3.05) is 11.1 Å². The number of nitrogens with zero attached hydrogens (tertiary/aromatic N) is 1. The van der Waals surface area contributed by atoms with Gasteiger partial charge in [-0.05, 0) is 18.9 Å². The average molecular weight is 240 g/mol. The van der Waals surface area contributed by atoms with Gasteiger partial charge in [-0.2, -0.15) is 0 Å². The zero-order valence-corrected chi connectivity index (χ0v) is 9.63. The van der Waals surface area contributed by atoms with Crippen molar-refractivity contribution in [1.29, 1.82) is 0 Å². The third-order valence-corrected chi connectivity index (χ3v) is 2.97. The number of anilines is 2. The molecular formula is C11H14ClN3O. The topological polar surface area (TPSA) is 68.0 Å². The first kappa shape index (κ1) is 11.2. The van der Waals surface area contributed by atoms with Crippen molar-refractivity contribution in [3.05, 3.63) is 17.3 Å². The number of nitrogen functional groups attached to an aromatic ring is 1. The number of hydrogen-bond acceptors (Lipinski definition) is 4. The molecule has 0 unspecified atom stereocenters. The molecule has 0 radical (unpaired) electrons. The highest BCUT2D eigenvalue weighted by Gasteiger charge is 2.19. The van der Waals surface area contributed by atoms with Crippen molar-refractivity contribution in [2.24, 2.45) is 0 Å². The lowest BCUT2D eigenvalue weighted by Crippen LogP contribution is -2.26. The average Bonchev–Trinajstić information content (AvgIpc) is 2.25. The van der Waals surface area contributed by atoms with Crippen molar-refractivity contribution in [3.63, 3.8) is 0 Å². The minimum absolute atomic E-state index is 0.286. The van der Waals surface area contributed by atoms with Gasteiger partial charge in [0.05, 0.1) is 10.7 Å². The minimum Gasteiger partial charge on any atom is -0.396 e. The Hall–Kier alpha value is -1.29. The van der Waals surface area contributed by atoms with Crippen LogP contribution in [0.2, 0.25) is 5.02 Å². The van der Waals surface area contributed by atoms with Gasteiger partial charge in [0.15, 0.2) is 0 Å². The van der Waals surface area contributed by atoms with Crippen LogP contribution in [0.15, 0.2) is 12.3 Å². The Labute approximate surface area is 99.2 Å². The molecule has 0 spiro atoms.